The predicted octanol–water partition coefficient (Wildman–Crippen LogP) is 2.13. The van der Waals surface area contributed by atoms with Crippen molar-refractivity contribution in [2.24, 2.45) is 0 Å². The van der Waals surface area contributed by atoms with E-state index in [9.17, 15) is 4.79 Å². The molecule has 7 nitrogen and oxygen atoms in total. The van der Waals surface area contributed by atoms with Gasteiger partial charge in [-0.3, -0.25) is 4.79 Å². The number of nitrogens with zero attached hydrogens (tertiary/aromatic N) is 2. The lowest BCUT2D eigenvalue weighted by molar-refractivity contribution is -0.113. The Hall–Kier alpha value is -2.22. The number of hydrogen-bond acceptors (Lipinski definition) is 7. The number of carbonyl (C=O) groups excluding carboxylic acids is 1. The number of hydrogen-bond donors (Lipinski definition) is 1. The fraction of sp³-hybridized carbons (Fsp3) is 0.308. The second kappa shape index (κ2) is 6.98. The van der Waals surface area contributed by atoms with Crippen molar-refractivity contribution in [1.82, 2.24) is 10.2 Å². The van der Waals surface area contributed by atoms with Crippen molar-refractivity contribution < 1.29 is 18.7 Å². The number of benzene rings is 1. The summed E-state index contributed by atoms with van der Waals surface area (Å²) in [7, 11) is 3.09. The van der Waals surface area contributed by atoms with Crippen LogP contribution in [0.2, 0.25) is 0 Å². The number of ether oxygens (including phenoxy) is 2. The van der Waals surface area contributed by atoms with Crippen LogP contribution in [-0.4, -0.2) is 36.1 Å². The zero-order chi connectivity index (χ0) is 15.2. The monoisotopic (exact) mass is 309 g/mol. The molecule has 1 heterocycles. The average Bonchev–Trinajstić information content (AvgIpc) is 2.91. The molecular formula is C13H15N3O4S. The molecule has 1 amide bonds. The molecule has 2 rings (SSSR count). The third-order valence-corrected chi connectivity index (χ3v) is 3.34. The van der Waals surface area contributed by atoms with E-state index in [0.29, 0.717) is 28.3 Å². The number of rotatable bonds is 6. The molecule has 0 atom stereocenters. The van der Waals surface area contributed by atoms with Crippen LogP contribution in [0.3, 0.4) is 0 Å². The molecule has 0 saturated carbocycles. The zero-order valence-corrected chi connectivity index (χ0v) is 12.7. The van der Waals surface area contributed by atoms with Crippen LogP contribution in [0.25, 0.3) is 0 Å². The van der Waals surface area contributed by atoms with Crippen LogP contribution in [0, 0.1) is 6.92 Å². The molecule has 112 valence electrons. The minimum Gasteiger partial charge on any atom is -0.497 e. The third kappa shape index (κ3) is 4.12. The topological polar surface area (TPSA) is 86.5 Å². The molecule has 2 aromatic rings. The lowest BCUT2D eigenvalue weighted by Gasteiger charge is -2.11. The molecular weight excluding hydrogens is 294 g/mol. The molecule has 1 N–H and O–H groups in total. The Morgan fingerprint density at radius 3 is 2.76 bits per heavy atom. The van der Waals surface area contributed by atoms with E-state index < -0.39 is 0 Å². The molecule has 0 radical (unpaired) electrons. The SMILES string of the molecule is COc1ccc(NC(=O)CSc2nnc(C)o2)c(OC)c1. The number of anilines is 1. The summed E-state index contributed by atoms with van der Waals surface area (Å²) in [5.41, 5.74) is 0.575. The second-order valence-electron chi connectivity index (χ2n) is 3.99. The third-order valence-electron chi connectivity index (χ3n) is 2.52. The molecule has 0 fully saturated rings. The van der Waals surface area contributed by atoms with Gasteiger partial charge < -0.3 is 19.2 Å². The van der Waals surface area contributed by atoms with Crippen LogP contribution in [0.5, 0.6) is 11.5 Å². The van der Waals surface area contributed by atoms with Crippen molar-refractivity contribution in [3.63, 3.8) is 0 Å². The minimum atomic E-state index is -0.195. The first-order valence-electron chi connectivity index (χ1n) is 6.07. The fourth-order valence-electron chi connectivity index (χ4n) is 1.55. The number of thioether (sulfide) groups is 1. The Morgan fingerprint density at radius 2 is 2.14 bits per heavy atom. The number of nitrogens with one attached hydrogen (secondary N) is 1. The summed E-state index contributed by atoms with van der Waals surface area (Å²) < 4.78 is 15.5. The van der Waals surface area contributed by atoms with Crippen LogP contribution in [0.1, 0.15) is 5.89 Å². The lowest BCUT2D eigenvalue weighted by Crippen LogP contribution is -2.14. The summed E-state index contributed by atoms with van der Waals surface area (Å²) in [5, 5.41) is 10.6. The molecule has 0 aliphatic rings. The highest BCUT2D eigenvalue weighted by Gasteiger charge is 2.11. The molecule has 0 bridgehead atoms. The molecule has 1 aromatic heterocycles. The first-order valence-corrected chi connectivity index (χ1v) is 7.05. The summed E-state index contributed by atoms with van der Waals surface area (Å²) >= 11 is 1.17. The highest BCUT2D eigenvalue weighted by Crippen LogP contribution is 2.29. The quantitative estimate of drug-likeness (QED) is 0.818. The maximum Gasteiger partial charge on any atom is 0.277 e. The lowest BCUT2D eigenvalue weighted by atomic mass is 10.2. The van der Waals surface area contributed by atoms with Crippen LogP contribution >= 0.6 is 11.8 Å². The van der Waals surface area contributed by atoms with Gasteiger partial charge in [-0.2, -0.15) is 0 Å². The van der Waals surface area contributed by atoms with E-state index in [-0.39, 0.29) is 11.7 Å². The fourth-order valence-corrected chi connectivity index (χ4v) is 2.16. The van der Waals surface area contributed by atoms with Crippen molar-refractivity contribution in [2.75, 3.05) is 25.3 Å². The number of aromatic nitrogens is 2. The van der Waals surface area contributed by atoms with Gasteiger partial charge >= 0.3 is 0 Å². The van der Waals surface area contributed by atoms with E-state index in [2.05, 4.69) is 15.5 Å². The van der Waals surface area contributed by atoms with Crippen molar-refractivity contribution >= 4 is 23.4 Å². The Morgan fingerprint density at radius 1 is 1.33 bits per heavy atom. The summed E-state index contributed by atoms with van der Waals surface area (Å²) in [5.74, 6) is 1.62. The van der Waals surface area contributed by atoms with Gasteiger partial charge in [0.2, 0.25) is 11.8 Å². The smallest absolute Gasteiger partial charge is 0.277 e. The first-order chi connectivity index (χ1) is 10.1. The van der Waals surface area contributed by atoms with Gasteiger partial charge in [0.1, 0.15) is 11.5 Å². The number of amides is 1. The summed E-state index contributed by atoms with van der Waals surface area (Å²) in [6, 6.07) is 5.16. The predicted molar refractivity (Wildman–Crippen MR) is 77.9 cm³/mol. The van der Waals surface area contributed by atoms with E-state index in [1.54, 1.807) is 32.2 Å². The van der Waals surface area contributed by atoms with Crippen LogP contribution < -0.4 is 14.8 Å². The molecule has 21 heavy (non-hydrogen) atoms. The van der Waals surface area contributed by atoms with Crippen LogP contribution in [0.15, 0.2) is 27.8 Å². The maximum absolute atomic E-state index is 11.9. The second-order valence-corrected chi connectivity index (χ2v) is 4.92. The number of aryl methyl sites for hydroxylation is 1. The minimum absolute atomic E-state index is 0.164. The summed E-state index contributed by atoms with van der Waals surface area (Å²) in [6.07, 6.45) is 0. The average molecular weight is 309 g/mol. The molecule has 0 aliphatic carbocycles. The van der Waals surface area contributed by atoms with Gasteiger partial charge in [0.05, 0.1) is 25.7 Å². The highest BCUT2D eigenvalue weighted by atomic mass is 32.2. The molecule has 0 unspecified atom stereocenters. The van der Waals surface area contributed by atoms with Gasteiger partial charge in [-0.15, -0.1) is 10.2 Å². The molecule has 0 aliphatic heterocycles. The summed E-state index contributed by atoms with van der Waals surface area (Å²) in [4.78, 5) is 11.9. The normalized spacial score (nSPS) is 10.2. The van der Waals surface area contributed by atoms with Gasteiger partial charge in [-0.1, -0.05) is 11.8 Å². The van der Waals surface area contributed by atoms with Crippen molar-refractivity contribution in [3.8, 4) is 11.5 Å². The Kier molecular flexibility index (Phi) is 5.04. The van der Waals surface area contributed by atoms with Crippen molar-refractivity contribution in [3.05, 3.63) is 24.1 Å². The zero-order valence-electron chi connectivity index (χ0n) is 11.9. The van der Waals surface area contributed by atoms with E-state index in [1.165, 1.54) is 18.9 Å². The van der Waals surface area contributed by atoms with Gasteiger partial charge in [0.25, 0.3) is 5.22 Å². The van der Waals surface area contributed by atoms with Crippen LogP contribution in [-0.2, 0) is 4.79 Å². The van der Waals surface area contributed by atoms with E-state index in [1.807, 2.05) is 0 Å². The Balaban J connectivity index is 1.95. The van der Waals surface area contributed by atoms with Gasteiger partial charge in [0.15, 0.2) is 0 Å². The van der Waals surface area contributed by atoms with E-state index in [4.69, 9.17) is 13.9 Å². The molecule has 0 spiro atoms. The summed E-state index contributed by atoms with van der Waals surface area (Å²) in [6.45, 7) is 1.69. The van der Waals surface area contributed by atoms with Gasteiger partial charge in [-0.05, 0) is 12.1 Å². The molecule has 0 saturated heterocycles. The van der Waals surface area contributed by atoms with Crippen LogP contribution in [0.4, 0.5) is 5.69 Å². The number of carbonyl (C=O) groups is 1. The van der Waals surface area contributed by atoms with Gasteiger partial charge in [-0.25, -0.2) is 0 Å². The van der Waals surface area contributed by atoms with Crippen molar-refractivity contribution in [2.45, 2.75) is 12.1 Å². The Bertz CT molecular complexity index is 630. The molecule has 8 heteroatoms. The number of methoxy groups -OCH3 is 2. The van der Waals surface area contributed by atoms with Crippen molar-refractivity contribution in [1.29, 1.82) is 0 Å². The maximum atomic E-state index is 11.9. The largest absolute Gasteiger partial charge is 0.497 e. The molecule has 1 aromatic carbocycles. The van der Waals surface area contributed by atoms with E-state index >= 15 is 0 Å². The Labute approximate surface area is 126 Å². The van der Waals surface area contributed by atoms with Gasteiger partial charge in [0, 0.05) is 13.0 Å². The standard InChI is InChI=1S/C13H15N3O4S/c1-8-15-16-13(20-8)21-7-12(17)14-10-5-4-9(18-2)6-11(10)19-3/h4-6H,7H2,1-3H3,(H,14,17). The first kappa shape index (κ1) is 15.2. The highest BCUT2D eigenvalue weighted by molar-refractivity contribution is 7.99. The van der Waals surface area contributed by atoms with E-state index in [0.717, 1.165) is 0 Å².